The predicted octanol–water partition coefficient (Wildman–Crippen LogP) is 10.0. The summed E-state index contributed by atoms with van der Waals surface area (Å²) in [5.74, 6) is -0.653. The average Bonchev–Trinajstić information content (AvgIpc) is 2.82. The molecule has 0 radical (unpaired) electrons. The minimum Gasteiger partial charge on any atom is -0.481 e. The molecular formula is C30H60O4. The molecule has 0 aliphatic carbocycles. The minimum atomic E-state index is -0.663. The van der Waals surface area contributed by atoms with Crippen LogP contribution >= 0.6 is 0 Å². The van der Waals surface area contributed by atoms with Crippen LogP contribution in [-0.2, 0) is 14.3 Å². The van der Waals surface area contributed by atoms with Gasteiger partial charge in [0.25, 0.3) is 0 Å². The first-order valence-corrected chi connectivity index (χ1v) is 15.0. The van der Waals surface area contributed by atoms with Gasteiger partial charge in [0.2, 0.25) is 0 Å². The van der Waals surface area contributed by atoms with Crippen LogP contribution in [0, 0.1) is 0 Å². The standard InChI is InChI=1S/C20H40O2.C10H20O2/c1-3-5-7-9-11-13-15-17-19-22-20(21)18-16-14-12-10-8-6-4-2;1-2-3-4-5-6-7-8-9-10(11)12/h3-19H2,1-2H3;2-9H2,1H3,(H,11,12). The van der Waals surface area contributed by atoms with Crippen molar-refractivity contribution in [3.05, 3.63) is 0 Å². The third-order valence-corrected chi connectivity index (χ3v) is 6.24. The highest BCUT2D eigenvalue weighted by Gasteiger charge is 2.02. The molecule has 0 heterocycles. The number of unbranched alkanes of at least 4 members (excludes halogenated alkanes) is 19. The number of carboxylic acid groups (broad SMARTS) is 1. The molecular weight excluding hydrogens is 424 g/mol. The SMILES string of the molecule is CCCCCCCCCC(=O)O.CCCCCCCCCCOC(=O)CCCCCCCCC. The maximum atomic E-state index is 11.6. The van der Waals surface area contributed by atoms with E-state index in [1.807, 2.05) is 0 Å². The minimum absolute atomic E-state index is 0.0107. The van der Waals surface area contributed by atoms with E-state index in [9.17, 15) is 9.59 Å². The van der Waals surface area contributed by atoms with Crippen molar-refractivity contribution >= 4 is 11.9 Å². The summed E-state index contributed by atoms with van der Waals surface area (Å²) in [6.07, 6.45) is 28.3. The zero-order valence-electron chi connectivity index (χ0n) is 23.3. The van der Waals surface area contributed by atoms with Gasteiger partial charge in [-0.2, -0.15) is 0 Å². The molecule has 34 heavy (non-hydrogen) atoms. The van der Waals surface area contributed by atoms with E-state index in [-0.39, 0.29) is 5.97 Å². The zero-order valence-corrected chi connectivity index (χ0v) is 23.3. The molecule has 0 spiro atoms. The zero-order chi connectivity index (χ0) is 25.5. The van der Waals surface area contributed by atoms with Gasteiger partial charge in [-0.1, -0.05) is 143 Å². The fourth-order valence-electron chi connectivity index (χ4n) is 3.95. The number of hydrogen-bond donors (Lipinski definition) is 1. The number of carbonyl (C=O) groups is 2. The molecule has 4 heteroatoms. The quantitative estimate of drug-likeness (QED) is 0.103. The molecule has 204 valence electrons. The van der Waals surface area contributed by atoms with Crippen molar-refractivity contribution in [1.82, 2.24) is 0 Å². The molecule has 0 fully saturated rings. The fraction of sp³-hybridized carbons (Fsp3) is 0.933. The van der Waals surface area contributed by atoms with Crippen LogP contribution in [0.1, 0.15) is 175 Å². The van der Waals surface area contributed by atoms with Crippen LogP contribution in [0.2, 0.25) is 0 Å². The van der Waals surface area contributed by atoms with Crippen LogP contribution in [0.25, 0.3) is 0 Å². The Balaban J connectivity index is 0. The number of aliphatic carboxylic acids is 1. The van der Waals surface area contributed by atoms with Gasteiger partial charge < -0.3 is 9.84 Å². The smallest absolute Gasteiger partial charge is 0.305 e. The first-order chi connectivity index (χ1) is 16.6. The van der Waals surface area contributed by atoms with Gasteiger partial charge in [0.05, 0.1) is 6.61 Å². The second kappa shape index (κ2) is 31.9. The summed E-state index contributed by atoms with van der Waals surface area (Å²) >= 11 is 0. The van der Waals surface area contributed by atoms with Crippen LogP contribution in [0.15, 0.2) is 0 Å². The van der Waals surface area contributed by atoms with Crippen molar-refractivity contribution in [1.29, 1.82) is 0 Å². The van der Waals surface area contributed by atoms with Crippen molar-refractivity contribution < 1.29 is 19.4 Å². The number of esters is 1. The first-order valence-electron chi connectivity index (χ1n) is 15.0. The highest BCUT2D eigenvalue weighted by atomic mass is 16.5. The molecule has 1 N–H and O–H groups in total. The Morgan fingerprint density at radius 1 is 0.471 bits per heavy atom. The first kappa shape index (κ1) is 35.1. The van der Waals surface area contributed by atoms with Gasteiger partial charge in [0, 0.05) is 12.8 Å². The van der Waals surface area contributed by atoms with E-state index in [1.165, 1.54) is 116 Å². The Kier molecular flexibility index (Phi) is 33.0. The molecule has 0 aliphatic heterocycles. The third-order valence-electron chi connectivity index (χ3n) is 6.24. The summed E-state index contributed by atoms with van der Waals surface area (Å²) in [6, 6.07) is 0. The average molecular weight is 485 g/mol. The van der Waals surface area contributed by atoms with E-state index in [4.69, 9.17) is 9.84 Å². The molecule has 0 rings (SSSR count). The lowest BCUT2D eigenvalue weighted by atomic mass is 10.1. The highest BCUT2D eigenvalue weighted by Crippen LogP contribution is 2.11. The lowest BCUT2D eigenvalue weighted by Gasteiger charge is -2.05. The normalized spacial score (nSPS) is 10.6. The second-order valence-electron chi connectivity index (χ2n) is 9.83. The van der Waals surface area contributed by atoms with E-state index >= 15 is 0 Å². The third kappa shape index (κ3) is 35.5. The summed E-state index contributed by atoms with van der Waals surface area (Å²) in [7, 11) is 0. The summed E-state index contributed by atoms with van der Waals surface area (Å²) in [4.78, 5) is 21.7. The maximum Gasteiger partial charge on any atom is 0.305 e. The van der Waals surface area contributed by atoms with Crippen LogP contribution in [0.5, 0.6) is 0 Å². The van der Waals surface area contributed by atoms with Gasteiger partial charge in [-0.25, -0.2) is 0 Å². The lowest BCUT2D eigenvalue weighted by molar-refractivity contribution is -0.144. The van der Waals surface area contributed by atoms with Gasteiger partial charge in [0.15, 0.2) is 0 Å². The molecule has 0 aliphatic rings. The highest BCUT2D eigenvalue weighted by molar-refractivity contribution is 5.69. The van der Waals surface area contributed by atoms with Gasteiger partial charge >= 0.3 is 11.9 Å². The molecule has 0 atom stereocenters. The summed E-state index contributed by atoms with van der Waals surface area (Å²) in [5, 5.41) is 8.35. The number of hydrogen-bond acceptors (Lipinski definition) is 3. The molecule has 0 saturated heterocycles. The van der Waals surface area contributed by atoms with E-state index in [2.05, 4.69) is 20.8 Å². The Bertz CT molecular complexity index is 409. The lowest BCUT2D eigenvalue weighted by Crippen LogP contribution is -2.05. The van der Waals surface area contributed by atoms with Gasteiger partial charge in [-0.15, -0.1) is 0 Å². The monoisotopic (exact) mass is 484 g/mol. The maximum absolute atomic E-state index is 11.6. The van der Waals surface area contributed by atoms with Crippen molar-refractivity contribution in [2.24, 2.45) is 0 Å². The number of carboxylic acids is 1. The summed E-state index contributed by atoms with van der Waals surface area (Å²) in [5.41, 5.74) is 0. The van der Waals surface area contributed by atoms with Crippen molar-refractivity contribution in [3.8, 4) is 0 Å². The molecule has 0 aromatic carbocycles. The second-order valence-corrected chi connectivity index (χ2v) is 9.83. The Hall–Kier alpha value is -1.06. The molecule has 4 nitrogen and oxygen atoms in total. The van der Waals surface area contributed by atoms with Crippen molar-refractivity contribution in [2.75, 3.05) is 6.61 Å². The Labute approximate surface area is 213 Å². The van der Waals surface area contributed by atoms with Crippen LogP contribution in [0.3, 0.4) is 0 Å². The molecule has 0 aromatic heterocycles. The molecule has 0 bridgehead atoms. The Morgan fingerprint density at radius 3 is 1.18 bits per heavy atom. The van der Waals surface area contributed by atoms with Crippen molar-refractivity contribution in [3.63, 3.8) is 0 Å². The van der Waals surface area contributed by atoms with Crippen molar-refractivity contribution in [2.45, 2.75) is 175 Å². The molecule has 0 unspecified atom stereocenters. The molecule has 0 amide bonds. The van der Waals surface area contributed by atoms with Crippen LogP contribution < -0.4 is 0 Å². The number of ether oxygens (including phenoxy) is 1. The van der Waals surface area contributed by atoms with Gasteiger partial charge in [0.1, 0.15) is 0 Å². The van der Waals surface area contributed by atoms with Gasteiger partial charge in [-0.3, -0.25) is 9.59 Å². The van der Waals surface area contributed by atoms with E-state index in [0.29, 0.717) is 19.4 Å². The number of carbonyl (C=O) groups excluding carboxylic acids is 1. The summed E-state index contributed by atoms with van der Waals surface area (Å²) in [6.45, 7) is 7.32. The van der Waals surface area contributed by atoms with Gasteiger partial charge in [-0.05, 0) is 19.3 Å². The van der Waals surface area contributed by atoms with E-state index < -0.39 is 5.97 Å². The topological polar surface area (TPSA) is 63.6 Å². The molecule has 0 aromatic rings. The fourth-order valence-corrected chi connectivity index (χ4v) is 3.95. The van der Waals surface area contributed by atoms with Crippen LogP contribution in [-0.4, -0.2) is 23.7 Å². The van der Waals surface area contributed by atoms with E-state index in [1.54, 1.807) is 0 Å². The Morgan fingerprint density at radius 2 is 0.794 bits per heavy atom. The molecule has 0 saturated carbocycles. The van der Waals surface area contributed by atoms with Crippen LogP contribution in [0.4, 0.5) is 0 Å². The van der Waals surface area contributed by atoms with E-state index in [0.717, 1.165) is 25.7 Å². The predicted molar refractivity (Wildman–Crippen MR) is 146 cm³/mol. The largest absolute Gasteiger partial charge is 0.481 e. The number of rotatable bonds is 25. The summed E-state index contributed by atoms with van der Waals surface area (Å²) < 4.78 is 5.29.